The van der Waals surface area contributed by atoms with Crippen molar-refractivity contribution in [3.63, 3.8) is 0 Å². The number of esters is 1. The highest BCUT2D eigenvalue weighted by molar-refractivity contribution is 9.10. The zero-order chi connectivity index (χ0) is 27.5. The van der Waals surface area contributed by atoms with Crippen LogP contribution in [-0.4, -0.2) is 38.0 Å². The third-order valence-electron chi connectivity index (χ3n) is 6.22. The monoisotopic (exact) mass is 608 g/mol. The lowest BCUT2D eigenvalue weighted by Gasteiger charge is -2.26. The number of hydrogen-bond donors (Lipinski definition) is 0. The molecule has 0 amide bonds. The molecule has 1 unspecified atom stereocenters. The lowest BCUT2D eigenvalue weighted by Crippen LogP contribution is -2.40. The number of carbonyl (C=O) groups is 1. The maximum atomic E-state index is 13.9. The number of nitrogens with zero attached hydrogens (tertiary/aromatic N) is 2. The molecule has 0 N–H and O–H groups in total. The first-order valence-corrected chi connectivity index (χ1v) is 13.7. The van der Waals surface area contributed by atoms with Gasteiger partial charge in [-0.05, 0) is 37.3 Å². The number of thiazole rings is 1. The Labute approximate surface area is 236 Å². The van der Waals surface area contributed by atoms with E-state index in [-0.39, 0.29) is 24.3 Å². The number of rotatable bonds is 8. The quantitative estimate of drug-likeness (QED) is 0.217. The van der Waals surface area contributed by atoms with Crippen molar-refractivity contribution < 1.29 is 23.4 Å². The zero-order valence-corrected chi connectivity index (χ0v) is 23.9. The van der Waals surface area contributed by atoms with Crippen LogP contribution in [0.3, 0.4) is 0 Å². The molecule has 5 rings (SSSR count). The SMILES string of the molecule is COCCOC(=O)C1=C(C)N=c2sc(=Cc3ccc(-c4ccc(Br)cc4)o3)c(=O)n2C1c1ccccc1OC. The highest BCUT2D eigenvalue weighted by Crippen LogP contribution is 2.35. The van der Waals surface area contributed by atoms with Crippen LogP contribution in [0.5, 0.6) is 5.75 Å². The van der Waals surface area contributed by atoms with Gasteiger partial charge in [-0.25, -0.2) is 9.79 Å². The van der Waals surface area contributed by atoms with E-state index in [1.54, 1.807) is 26.2 Å². The van der Waals surface area contributed by atoms with Crippen molar-refractivity contribution in [1.29, 1.82) is 0 Å². The second-order valence-electron chi connectivity index (χ2n) is 8.66. The van der Waals surface area contributed by atoms with Gasteiger partial charge in [0.15, 0.2) is 4.80 Å². The van der Waals surface area contributed by atoms with Gasteiger partial charge in [0, 0.05) is 28.8 Å². The fourth-order valence-corrected chi connectivity index (χ4v) is 5.68. The third kappa shape index (κ3) is 5.40. The number of para-hydroxylation sites is 1. The Hall–Kier alpha value is -3.73. The van der Waals surface area contributed by atoms with Gasteiger partial charge >= 0.3 is 5.97 Å². The molecule has 0 fully saturated rings. The number of aromatic nitrogens is 1. The molecule has 1 aliphatic heterocycles. The van der Waals surface area contributed by atoms with E-state index in [1.165, 1.54) is 23.0 Å². The molecule has 0 saturated carbocycles. The maximum Gasteiger partial charge on any atom is 0.338 e. The van der Waals surface area contributed by atoms with E-state index in [9.17, 15) is 9.59 Å². The Bertz CT molecular complexity index is 1730. The number of hydrogen-bond acceptors (Lipinski definition) is 8. The second kappa shape index (κ2) is 11.6. The number of carbonyl (C=O) groups excluding carboxylic acids is 1. The molecule has 0 bridgehead atoms. The number of furan rings is 1. The smallest absolute Gasteiger partial charge is 0.338 e. The molecule has 2 aromatic carbocycles. The largest absolute Gasteiger partial charge is 0.496 e. The molecule has 10 heteroatoms. The van der Waals surface area contributed by atoms with Crippen molar-refractivity contribution in [1.82, 2.24) is 4.57 Å². The number of methoxy groups -OCH3 is 2. The van der Waals surface area contributed by atoms with Crippen LogP contribution in [0.25, 0.3) is 17.4 Å². The van der Waals surface area contributed by atoms with Crippen LogP contribution in [-0.2, 0) is 14.3 Å². The van der Waals surface area contributed by atoms with Crippen LogP contribution in [0.1, 0.15) is 24.3 Å². The Kier molecular flexibility index (Phi) is 7.97. The molecular weight excluding hydrogens is 584 g/mol. The minimum atomic E-state index is -0.787. The lowest BCUT2D eigenvalue weighted by atomic mass is 9.95. The number of benzene rings is 2. The van der Waals surface area contributed by atoms with Crippen LogP contribution in [0.4, 0.5) is 0 Å². The number of ether oxygens (including phenoxy) is 3. The van der Waals surface area contributed by atoms with Gasteiger partial charge in [-0.1, -0.05) is 57.6 Å². The maximum absolute atomic E-state index is 13.9. The molecule has 0 spiro atoms. The fourth-order valence-electron chi connectivity index (χ4n) is 4.39. The first-order chi connectivity index (χ1) is 18.9. The molecule has 1 atom stereocenters. The van der Waals surface area contributed by atoms with E-state index < -0.39 is 12.0 Å². The third-order valence-corrected chi connectivity index (χ3v) is 7.74. The Morgan fingerprint density at radius 2 is 1.87 bits per heavy atom. The summed E-state index contributed by atoms with van der Waals surface area (Å²) in [6.07, 6.45) is 1.70. The molecule has 0 aliphatic carbocycles. The van der Waals surface area contributed by atoms with Crippen molar-refractivity contribution in [2.75, 3.05) is 27.4 Å². The highest BCUT2D eigenvalue weighted by atomic mass is 79.9. The summed E-state index contributed by atoms with van der Waals surface area (Å²) in [5.74, 6) is 1.19. The first-order valence-electron chi connectivity index (χ1n) is 12.1. The minimum Gasteiger partial charge on any atom is -0.496 e. The second-order valence-corrected chi connectivity index (χ2v) is 10.6. The normalized spacial score (nSPS) is 15.2. The van der Waals surface area contributed by atoms with Gasteiger partial charge in [-0.3, -0.25) is 9.36 Å². The van der Waals surface area contributed by atoms with Gasteiger partial charge in [0.2, 0.25) is 0 Å². The standard InChI is InChI=1S/C29H25BrN2O6S/c1-17-25(28(34)37-15-14-35-2)26(21-6-4-5-7-23(21)36-3)32-27(33)24(39-29(32)31-17)16-20-12-13-22(38-20)18-8-10-19(30)11-9-18/h4-13,16,26H,14-15H2,1-3H3. The average Bonchev–Trinajstić information content (AvgIpc) is 3.52. The van der Waals surface area contributed by atoms with Crippen LogP contribution in [0.2, 0.25) is 0 Å². The summed E-state index contributed by atoms with van der Waals surface area (Å²) in [5, 5.41) is 0. The molecule has 2 aromatic heterocycles. The fraction of sp³-hybridized carbons (Fsp3) is 0.207. The molecule has 0 saturated heterocycles. The highest BCUT2D eigenvalue weighted by Gasteiger charge is 2.35. The summed E-state index contributed by atoms with van der Waals surface area (Å²) < 4.78 is 25.0. The molecule has 200 valence electrons. The van der Waals surface area contributed by atoms with E-state index >= 15 is 0 Å². The lowest BCUT2D eigenvalue weighted by molar-refractivity contribution is -0.140. The van der Waals surface area contributed by atoms with Crippen molar-refractivity contribution in [3.8, 4) is 17.1 Å². The average molecular weight is 609 g/mol. The Morgan fingerprint density at radius 3 is 2.62 bits per heavy atom. The molecule has 1 aliphatic rings. The van der Waals surface area contributed by atoms with Crippen LogP contribution in [0, 0.1) is 0 Å². The first kappa shape index (κ1) is 26.9. The molecular formula is C29H25BrN2O6S. The number of allylic oxidation sites excluding steroid dienone is 1. The predicted octanol–water partition coefficient (Wildman–Crippen LogP) is 4.46. The van der Waals surface area contributed by atoms with Crippen LogP contribution >= 0.6 is 27.3 Å². The summed E-state index contributed by atoms with van der Waals surface area (Å²) in [6.45, 7) is 2.07. The topological polar surface area (TPSA) is 92.3 Å². The molecule has 39 heavy (non-hydrogen) atoms. The van der Waals surface area contributed by atoms with E-state index in [2.05, 4.69) is 20.9 Å². The molecule has 8 nitrogen and oxygen atoms in total. The zero-order valence-electron chi connectivity index (χ0n) is 21.5. The summed E-state index contributed by atoms with van der Waals surface area (Å²) in [5.41, 5.74) is 2.01. The molecule has 4 aromatic rings. The van der Waals surface area contributed by atoms with Gasteiger partial charge in [-0.15, -0.1) is 0 Å². The summed E-state index contributed by atoms with van der Waals surface area (Å²) in [6, 6.07) is 18.0. The van der Waals surface area contributed by atoms with E-state index in [1.807, 2.05) is 54.6 Å². The Morgan fingerprint density at radius 1 is 1.10 bits per heavy atom. The van der Waals surface area contributed by atoms with Gasteiger partial charge in [-0.2, -0.15) is 0 Å². The van der Waals surface area contributed by atoms with Gasteiger partial charge < -0.3 is 18.6 Å². The van der Waals surface area contributed by atoms with Crippen molar-refractivity contribution in [2.45, 2.75) is 13.0 Å². The van der Waals surface area contributed by atoms with Crippen LogP contribution in [0.15, 0.2) is 90.6 Å². The minimum absolute atomic E-state index is 0.0778. The summed E-state index contributed by atoms with van der Waals surface area (Å²) in [4.78, 5) is 32.2. The van der Waals surface area contributed by atoms with Crippen LogP contribution < -0.4 is 19.6 Å². The Balaban J connectivity index is 1.62. The van der Waals surface area contributed by atoms with E-state index in [0.717, 1.165) is 10.0 Å². The number of halogens is 1. The van der Waals surface area contributed by atoms with Gasteiger partial charge in [0.05, 0.1) is 29.5 Å². The van der Waals surface area contributed by atoms with Gasteiger partial charge in [0.1, 0.15) is 29.9 Å². The summed E-state index contributed by atoms with van der Waals surface area (Å²) >= 11 is 4.67. The van der Waals surface area contributed by atoms with E-state index in [4.69, 9.17) is 18.6 Å². The summed E-state index contributed by atoms with van der Waals surface area (Å²) in [7, 11) is 3.08. The van der Waals surface area contributed by atoms with Gasteiger partial charge in [0.25, 0.3) is 5.56 Å². The molecule has 0 radical (unpaired) electrons. The molecule has 3 heterocycles. The van der Waals surface area contributed by atoms with Crippen molar-refractivity contribution in [3.05, 3.63) is 107 Å². The van der Waals surface area contributed by atoms with E-state index in [0.29, 0.717) is 37.9 Å². The predicted molar refractivity (Wildman–Crippen MR) is 151 cm³/mol. The van der Waals surface area contributed by atoms with Crippen molar-refractivity contribution >= 4 is 39.3 Å². The van der Waals surface area contributed by atoms with Crippen molar-refractivity contribution in [2.24, 2.45) is 4.99 Å². The number of fused-ring (bicyclic) bond motifs is 1.